The number of hydrogen-bond acceptors (Lipinski definition) is 10. The van der Waals surface area contributed by atoms with Crippen LogP contribution in [0.5, 0.6) is 17.5 Å². The normalized spacial score (nSPS) is 11.7. The summed E-state index contributed by atoms with van der Waals surface area (Å²) in [5.74, 6) is 0.928. The van der Waals surface area contributed by atoms with Gasteiger partial charge in [-0.25, -0.2) is 9.97 Å². The number of aromatic nitrogens is 3. The first-order valence-corrected chi connectivity index (χ1v) is 10.7. The fourth-order valence-electron chi connectivity index (χ4n) is 3.25. The summed E-state index contributed by atoms with van der Waals surface area (Å²) in [5.41, 5.74) is 2.67. The summed E-state index contributed by atoms with van der Waals surface area (Å²) in [6.07, 6.45) is 2.11. The molecular formula is C23H22ClN5O5. The summed E-state index contributed by atoms with van der Waals surface area (Å²) in [5, 5.41) is 4.79. The number of fused-ring (bicyclic) bond motifs is 3. The number of furan rings is 1. The van der Waals surface area contributed by atoms with E-state index in [0.29, 0.717) is 48.6 Å². The lowest BCUT2D eigenvalue weighted by molar-refractivity contribution is 0.110. The molecule has 4 aromatic rings. The first-order chi connectivity index (χ1) is 16.5. The molecule has 176 valence electrons. The maximum Gasteiger partial charge on any atom is 0.268 e. The Morgan fingerprint density at radius 2 is 2.09 bits per heavy atom. The van der Waals surface area contributed by atoms with E-state index < -0.39 is 0 Å². The van der Waals surface area contributed by atoms with Gasteiger partial charge in [0.25, 0.3) is 5.88 Å². The highest BCUT2D eigenvalue weighted by Gasteiger charge is 2.18. The van der Waals surface area contributed by atoms with E-state index in [4.69, 9.17) is 30.2 Å². The Labute approximate surface area is 199 Å². The van der Waals surface area contributed by atoms with E-state index in [-0.39, 0.29) is 22.8 Å². The van der Waals surface area contributed by atoms with E-state index in [1.54, 1.807) is 32.4 Å². The van der Waals surface area contributed by atoms with Gasteiger partial charge in [0.05, 0.1) is 35.9 Å². The molecule has 1 aromatic carbocycles. The van der Waals surface area contributed by atoms with Crippen LogP contribution >= 0.6 is 11.6 Å². The molecule has 0 aliphatic carbocycles. The van der Waals surface area contributed by atoms with Crippen molar-refractivity contribution in [1.82, 2.24) is 15.0 Å². The summed E-state index contributed by atoms with van der Waals surface area (Å²) in [4.78, 5) is 28.4. The second-order valence-electron chi connectivity index (χ2n) is 7.18. The number of hydrogen-bond donors (Lipinski definition) is 1. The van der Waals surface area contributed by atoms with Gasteiger partial charge in [-0.2, -0.15) is 4.98 Å². The van der Waals surface area contributed by atoms with Crippen LogP contribution in [0.4, 0.5) is 5.69 Å². The number of anilines is 1. The Bertz CT molecular complexity index is 1370. The summed E-state index contributed by atoms with van der Waals surface area (Å²) < 4.78 is 22.2. The Morgan fingerprint density at radius 3 is 2.85 bits per heavy atom. The molecule has 11 heteroatoms. The standard InChI is InChI=1S/C23H22ClN5O5/c1-13(25-2)10-26-21-18(12-30)33-16-6-5-15-14(20(16)21)4-7-19(28-15)34-22-17(32-9-8-31-3)11-27-23(24)29-22/h4-7,11-12,26H,8-10H2,1-3H3. The molecule has 0 atom stereocenters. The number of nitrogens with one attached hydrogen (secondary N) is 1. The minimum absolute atomic E-state index is 0.0120. The summed E-state index contributed by atoms with van der Waals surface area (Å²) in [6.45, 7) is 3.04. The topological polar surface area (TPSA) is 121 Å². The summed E-state index contributed by atoms with van der Waals surface area (Å²) in [6, 6.07) is 7.07. The SMILES string of the molecule is CN=C(C)CNc1c(C=O)oc2ccc3nc(Oc4nc(Cl)ncc4OCCOC)ccc3c12. The Kier molecular flexibility index (Phi) is 7.19. The van der Waals surface area contributed by atoms with Gasteiger partial charge >= 0.3 is 0 Å². The molecule has 3 heterocycles. The highest BCUT2D eigenvalue weighted by Crippen LogP contribution is 2.37. The fourth-order valence-corrected chi connectivity index (χ4v) is 3.38. The third-order valence-corrected chi connectivity index (χ3v) is 5.15. The van der Waals surface area contributed by atoms with Crippen molar-refractivity contribution in [2.75, 3.05) is 39.2 Å². The van der Waals surface area contributed by atoms with Crippen LogP contribution in [0.15, 0.2) is 39.9 Å². The van der Waals surface area contributed by atoms with Crippen molar-refractivity contribution in [3.05, 3.63) is 41.5 Å². The van der Waals surface area contributed by atoms with Crippen LogP contribution in [-0.4, -0.2) is 60.9 Å². The van der Waals surface area contributed by atoms with Crippen molar-refractivity contribution in [2.24, 2.45) is 4.99 Å². The minimum Gasteiger partial charge on any atom is -0.484 e. The predicted molar refractivity (Wildman–Crippen MR) is 129 cm³/mol. The van der Waals surface area contributed by atoms with Gasteiger partial charge in [-0.15, -0.1) is 0 Å². The highest BCUT2D eigenvalue weighted by atomic mass is 35.5. The zero-order valence-electron chi connectivity index (χ0n) is 18.8. The fraction of sp³-hybridized carbons (Fsp3) is 0.261. The smallest absolute Gasteiger partial charge is 0.268 e. The lowest BCUT2D eigenvalue weighted by Crippen LogP contribution is -2.11. The monoisotopic (exact) mass is 483 g/mol. The van der Waals surface area contributed by atoms with Gasteiger partial charge in [-0.3, -0.25) is 9.79 Å². The van der Waals surface area contributed by atoms with Gasteiger partial charge in [0, 0.05) is 31.3 Å². The lowest BCUT2D eigenvalue weighted by atomic mass is 10.1. The first-order valence-electron chi connectivity index (χ1n) is 10.3. The van der Waals surface area contributed by atoms with Crippen molar-refractivity contribution in [3.63, 3.8) is 0 Å². The molecule has 0 bridgehead atoms. The molecule has 0 amide bonds. The third-order valence-electron chi connectivity index (χ3n) is 4.97. The molecule has 10 nitrogen and oxygen atoms in total. The number of pyridine rings is 1. The van der Waals surface area contributed by atoms with Crippen molar-refractivity contribution in [3.8, 4) is 17.5 Å². The maximum absolute atomic E-state index is 11.6. The van der Waals surface area contributed by atoms with Gasteiger partial charge in [0.15, 0.2) is 12.0 Å². The Hall–Kier alpha value is -3.76. The first kappa shape index (κ1) is 23.4. The molecule has 0 fully saturated rings. The zero-order chi connectivity index (χ0) is 24.1. The number of rotatable bonds is 10. The van der Waals surface area contributed by atoms with E-state index in [9.17, 15) is 4.79 Å². The molecule has 0 saturated heterocycles. The van der Waals surface area contributed by atoms with E-state index in [1.807, 2.05) is 13.0 Å². The van der Waals surface area contributed by atoms with Gasteiger partial charge in [-0.1, -0.05) is 0 Å². The van der Waals surface area contributed by atoms with Gasteiger partial charge in [0.1, 0.15) is 12.2 Å². The molecule has 34 heavy (non-hydrogen) atoms. The van der Waals surface area contributed by atoms with E-state index in [2.05, 4.69) is 25.3 Å². The van der Waals surface area contributed by atoms with Crippen molar-refractivity contribution >= 4 is 51.2 Å². The number of ether oxygens (including phenoxy) is 3. The molecular weight excluding hydrogens is 462 g/mol. The average Bonchev–Trinajstić information content (AvgIpc) is 3.22. The molecule has 0 radical (unpaired) electrons. The number of aldehydes is 1. The van der Waals surface area contributed by atoms with Crippen molar-refractivity contribution in [1.29, 1.82) is 0 Å². The molecule has 0 aliphatic heterocycles. The van der Waals surface area contributed by atoms with Gasteiger partial charge in [-0.05, 0) is 36.7 Å². The Morgan fingerprint density at radius 1 is 1.24 bits per heavy atom. The number of aliphatic imine (C=N–C) groups is 1. The van der Waals surface area contributed by atoms with Crippen LogP contribution in [0.3, 0.4) is 0 Å². The average molecular weight is 484 g/mol. The number of nitrogens with zero attached hydrogens (tertiary/aromatic N) is 4. The second kappa shape index (κ2) is 10.4. The van der Waals surface area contributed by atoms with Crippen LogP contribution in [-0.2, 0) is 4.74 Å². The third kappa shape index (κ3) is 4.92. The second-order valence-corrected chi connectivity index (χ2v) is 7.52. The van der Waals surface area contributed by atoms with Crippen molar-refractivity contribution < 1.29 is 23.4 Å². The largest absolute Gasteiger partial charge is 0.484 e. The summed E-state index contributed by atoms with van der Waals surface area (Å²) in [7, 11) is 3.29. The van der Waals surface area contributed by atoms with E-state index in [1.165, 1.54) is 6.20 Å². The number of halogens is 1. The molecule has 3 aromatic heterocycles. The van der Waals surface area contributed by atoms with Crippen molar-refractivity contribution in [2.45, 2.75) is 6.92 Å². The zero-order valence-corrected chi connectivity index (χ0v) is 19.5. The Balaban J connectivity index is 1.71. The molecule has 0 unspecified atom stereocenters. The number of carbonyl (C=O) groups is 1. The molecule has 0 saturated carbocycles. The number of carbonyl (C=O) groups excluding carboxylic acids is 1. The predicted octanol–water partition coefficient (Wildman–Crippen LogP) is 4.56. The highest BCUT2D eigenvalue weighted by molar-refractivity contribution is 6.28. The maximum atomic E-state index is 11.6. The van der Waals surface area contributed by atoms with Crippen LogP contribution in [0.25, 0.3) is 21.9 Å². The summed E-state index contributed by atoms with van der Waals surface area (Å²) >= 11 is 5.94. The molecule has 0 aliphatic rings. The van der Waals surface area contributed by atoms with E-state index in [0.717, 1.165) is 16.5 Å². The number of benzene rings is 1. The van der Waals surface area contributed by atoms with Crippen LogP contribution in [0, 0.1) is 0 Å². The molecule has 1 N–H and O–H groups in total. The van der Waals surface area contributed by atoms with Crippen LogP contribution in [0.1, 0.15) is 17.5 Å². The van der Waals surface area contributed by atoms with E-state index >= 15 is 0 Å². The van der Waals surface area contributed by atoms with Gasteiger partial charge in [0.2, 0.25) is 16.9 Å². The quantitative estimate of drug-likeness (QED) is 0.150. The lowest BCUT2D eigenvalue weighted by Gasteiger charge is -2.11. The minimum atomic E-state index is 0.0120. The number of methoxy groups -OCH3 is 1. The van der Waals surface area contributed by atoms with Gasteiger partial charge < -0.3 is 23.9 Å². The van der Waals surface area contributed by atoms with Crippen LogP contribution in [0.2, 0.25) is 5.28 Å². The van der Waals surface area contributed by atoms with Crippen LogP contribution < -0.4 is 14.8 Å². The molecule has 4 rings (SSSR count). The molecule has 0 spiro atoms.